The second kappa shape index (κ2) is 9.73. The third-order valence-electron chi connectivity index (χ3n) is 7.60. The van der Waals surface area contributed by atoms with Gasteiger partial charge in [-0.15, -0.1) is 22.7 Å². The molecule has 0 spiro atoms. The number of aliphatic hydroxyl groups excluding tert-OH is 2. The summed E-state index contributed by atoms with van der Waals surface area (Å²) in [7, 11) is -4.21. The highest BCUT2D eigenvalue weighted by Gasteiger charge is 2.43. The van der Waals surface area contributed by atoms with E-state index in [1.165, 1.54) is 0 Å². The van der Waals surface area contributed by atoms with Gasteiger partial charge in [0, 0.05) is 20.1 Å². The van der Waals surface area contributed by atoms with Crippen LogP contribution in [0.1, 0.15) is 63.5 Å². The Balaban J connectivity index is 2.91. The highest BCUT2D eigenvalue weighted by atomic mass is 32.1. The third kappa shape index (κ3) is 5.57. The summed E-state index contributed by atoms with van der Waals surface area (Å²) in [5.74, 6) is 0. The Bertz CT molecular complexity index is 909. The molecule has 0 saturated heterocycles. The molecule has 0 fully saturated rings. The van der Waals surface area contributed by atoms with E-state index in [0.717, 1.165) is 20.1 Å². The summed E-state index contributed by atoms with van der Waals surface area (Å²) in [5, 5.41) is 28.8. The first-order valence-electron chi connectivity index (χ1n) is 11.2. The van der Waals surface area contributed by atoms with Crippen LogP contribution in [0.2, 0.25) is 36.3 Å². The molecular weight excluding hydrogens is 465 g/mol. The smallest absolute Gasteiger partial charge is 0.114 e. The van der Waals surface area contributed by atoms with Crippen LogP contribution in [0.25, 0.3) is 0 Å². The number of hydrogen-bond acceptors (Lipinski definition) is 4. The quantitative estimate of drug-likeness (QED) is 0.307. The lowest BCUT2D eigenvalue weighted by molar-refractivity contribution is 0.224. The van der Waals surface area contributed by atoms with Gasteiger partial charge in [0.25, 0.3) is 0 Å². The molecule has 0 aliphatic heterocycles. The molecule has 6 heteroatoms. The van der Waals surface area contributed by atoms with Crippen molar-refractivity contribution in [2.24, 2.45) is 0 Å². The molecule has 2 unspecified atom stereocenters. The summed E-state index contributed by atoms with van der Waals surface area (Å²) in [6.07, 6.45) is -1.38. The van der Waals surface area contributed by atoms with Gasteiger partial charge in [-0.3, -0.25) is 0 Å². The van der Waals surface area contributed by atoms with E-state index >= 15 is 0 Å². The van der Waals surface area contributed by atoms with E-state index < -0.39 is 28.4 Å². The Kier molecular flexibility index (Phi) is 8.30. The molecule has 2 nitrogen and oxygen atoms in total. The Morgan fingerprint density at radius 1 is 0.719 bits per heavy atom. The Morgan fingerprint density at radius 3 is 1.25 bits per heavy atom. The van der Waals surface area contributed by atoms with E-state index in [1.54, 1.807) is 22.7 Å². The van der Waals surface area contributed by atoms with Crippen molar-refractivity contribution in [1.29, 1.82) is 0 Å². The standard InChI is InChI=1S/C26H40O2S2Si2/c1-25(2,3)31(7,8)21(23(27)19-13-11-17-29-19)15-16-22(32(9,10)26(4,5)6)24(28)20-14-12-18-30-20/h11-14,17-18,23-24,27-28H,1-10H3. The maximum Gasteiger partial charge on any atom is 0.114 e. The molecule has 176 valence electrons. The Hall–Kier alpha value is -0.946. The molecule has 2 rings (SSSR count). The van der Waals surface area contributed by atoms with Crippen molar-refractivity contribution in [1.82, 2.24) is 0 Å². The fourth-order valence-electron chi connectivity index (χ4n) is 3.25. The molecule has 0 saturated carbocycles. The summed E-state index contributed by atoms with van der Waals surface area (Å²) in [6, 6.07) is 7.94. The molecule has 32 heavy (non-hydrogen) atoms. The summed E-state index contributed by atoms with van der Waals surface area (Å²) >= 11 is 3.14. The van der Waals surface area contributed by atoms with E-state index in [1.807, 2.05) is 35.0 Å². The molecule has 2 aromatic rings. The molecule has 0 amide bonds. The molecular formula is C26H40O2S2Si2. The van der Waals surface area contributed by atoms with Gasteiger partial charge in [-0.05, 0) is 33.0 Å². The van der Waals surface area contributed by atoms with Gasteiger partial charge in [-0.25, -0.2) is 0 Å². The molecule has 2 atom stereocenters. The molecule has 2 heterocycles. The van der Waals surface area contributed by atoms with Crippen molar-refractivity contribution >= 4 is 38.8 Å². The molecule has 0 aliphatic carbocycles. The maximum atomic E-state index is 11.4. The predicted molar refractivity (Wildman–Crippen MR) is 147 cm³/mol. The average molecular weight is 505 g/mol. The van der Waals surface area contributed by atoms with E-state index in [0.29, 0.717) is 0 Å². The maximum absolute atomic E-state index is 11.4. The van der Waals surface area contributed by atoms with E-state index in [-0.39, 0.29) is 10.1 Å². The van der Waals surface area contributed by atoms with Gasteiger partial charge in [0.2, 0.25) is 0 Å². The van der Waals surface area contributed by atoms with Crippen molar-refractivity contribution in [2.75, 3.05) is 0 Å². The number of aliphatic hydroxyl groups is 2. The molecule has 2 aromatic heterocycles. The van der Waals surface area contributed by atoms with E-state index in [2.05, 4.69) is 79.2 Å². The zero-order chi connectivity index (χ0) is 24.5. The molecule has 0 aromatic carbocycles. The zero-order valence-electron chi connectivity index (χ0n) is 21.3. The van der Waals surface area contributed by atoms with E-state index in [4.69, 9.17) is 0 Å². The molecule has 0 aliphatic rings. The minimum Gasteiger partial charge on any atom is -0.383 e. The normalized spacial score (nSPS) is 15.0. The van der Waals surface area contributed by atoms with Crippen LogP contribution in [-0.2, 0) is 0 Å². The van der Waals surface area contributed by atoms with Gasteiger partial charge in [0.1, 0.15) is 12.2 Å². The van der Waals surface area contributed by atoms with Crippen LogP contribution >= 0.6 is 22.7 Å². The summed E-state index contributed by atoms with van der Waals surface area (Å²) in [5.41, 5.74) is 7.01. The molecule has 2 N–H and O–H groups in total. The fraction of sp³-hybridized carbons (Fsp3) is 0.538. The van der Waals surface area contributed by atoms with Crippen LogP contribution in [0.4, 0.5) is 0 Å². The van der Waals surface area contributed by atoms with Crippen LogP contribution in [0.5, 0.6) is 0 Å². The SMILES string of the molecule is CC(C)(C)[Si](C)(C)C(=C=C=C(C(O)c1cccs1)[Si](C)(C)C(C)(C)C)C(O)c1cccs1. The van der Waals surface area contributed by atoms with Gasteiger partial charge in [0.15, 0.2) is 0 Å². The Labute approximate surface area is 205 Å². The number of thiophene rings is 2. The molecule has 0 radical (unpaired) electrons. The molecule has 0 bridgehead atoms. The van der Waals surface area contributed by atoms with Gasteiger partial charge < -0.3 is 10.2 Å². The minimum absolute atomic E-state index is 0.0404. The summed E-state index contributed by atoms with van der Waals surface area (Å²) in [4.78, 5) is 1.87. The second-order valence-electron chi connectivity index (χ2n) is 11.7. The van der Waals surface area contributed by atoms with Crippen molar-refractivity contribution < 1.29 is 10.2 Å². The zero-order valence-corrected chi connectivity index (χ0v) is 25.0. The van der Waals surface area contributed by atoms with Crippen molar-refractivity contribution in [2.45, 2.75) is 90.0 Å². The van der Waals surface area contributed by atoms with Gasteiger partial charge in [-0.1, -0.05) is 91.3 Å². The Morgan fingerprint density at radius 2 is 1.03 bits per heavy atom. The lowest BCUT2D eigenvalue weighted by atomic mass is 10.2. The highest BCUT2D eigenvalue weighted by Crippen LogP contribution is 2.46. The van der Waals surface area contributed by atoms with Gasteiger partial charge >= 0.3 is 0 Å². The predicted octanol–water partition coefficient (Wildman–Crippen LogP) is 8.28. The first kappa shape index (κ1) is 27.3. The van der Waals surface area contributed by atoms with Crippen LogP contribution in [0.3, 0.4) is 0 Å². The van der Waals surface area contributed by atoms with Crippen LogP contribution < -0.4 is 0 Å². The minimum atomic E-state index is -2.10. The van der Waals surface area contributed by atoms with Gasteiger partial charge in [-0.2, -0.15) is 0 Å². The van der Waals surface area contributed by atoms with E-state index in [9.17, 15) is 10.2 Å². The third-order valence-corrected chi connectivity index (χ3v) is 20.4. The monoisotopic (exact) mass is 504 g/mol. The van der Waals surface area contributed by atoms with Crippen LogP contribution in [0, 0.1) is 0 Å². The number of hydrogen-bond donors (Lipinski definition) is 2. The summed E-state index contributed by atoms with van der Waals surface area (Å²) < 4.78 is 0. The average Bonchev–Trinajstić information content (AvgIpc) is 3.36. The first-order valence-corrected chi connectivity index (χ1v) is 19.0. The lowest BCUT2D eigenvalue weighted by Gasteiger charge is -2.40. The topological polar surface area (TPSA) is 40.5 Å². The fourth-order valence-corrected chi connectivity index (χ4v) is 8.94. The van der Waals surface area contributed by atoms with Crippen LogP contribution in [-0.4, -0.2) is 26.4 Å². The highest BCUT2D eigenvalue weighted by molar-refractivity contribution is 7.10. The van der Waals surface area contributed by atoms with Crippen LogP contribution in [0.15, 0.2) is 56.9 Å². The van der Waals surface area contributed by atoms with Crippen molar-refractivity contribution in [3.63, 3.8) is 0 Å². The number of rotatable bonds is 6. The first-order chi connectivity index (χ1) is 14.5. The van der Waals surface area contributed by atoms with Crippen molar-refractivity contribution in [3.05, 3.63) is 66.6 Å². The lowest BCUT2D eigenvalue weighted by Crippen LogP contribution is -2.42. The van der Waals surface area contributed by atoms with Gasteiger partial charge in [0.05, 0.1) is 16.1 Å². The van der Waals surface area contributed by atoms with Crippen molar-refractivity contribution in [3.8, 4) is 0 Å². The second-order valence-corrected chi connectivity index (χ2v) is 24.2. The summed E-state index contributed by atoms with van der Waals surface area (Å²) in [6.45, 7) is 22.7. The largest absolute Gasteiger partial charge is 0.383 e.